The van der Waals surface area contributed by atoms with Crippen molar-refractivity contribution in [3.8, 4) is 0 Å². The highest BCUT2D eigenvalue weighted by molar-refractivity contribution is 7.92. The molecule has 1 fully saturated rings. The summed E-state index contributed by atoms with van der Waals surface area (Å²) in [6, 6.07) is 13.9. The van der Waals surface area contributed by atoms with E-state index in [1.54, 1.807) is 35.2 Å². The predicted molar refractivity (Wildman–Crippen MR) is 109 cm³/mol. The summed E-state index contributed by atoms with van der Waals surface area (Å²) in [7, 11) is -3.71. The van der Waals surface area contributed by atoms with Crippen molar-refractivity contribution >= 4 is 27.3 Å². The topological polar surface area (TPSA) is 66.5 Å². The van der Waals surface area contributed by atoms with Crippen LogP contribution < -0.4 is 9.62 Å². The lowest BCUT2D eigenvalue weighted by atomic mass is 9.86. The van der Waals surface area contributed by atoms with Gasteiger partial charge in [-0.3, -0.25) is 9.52 Å². The van der Waals surface area contributed by atoms with Crippen LogP contribution in [0.3, 0.4) is 0 Å². The van der Waals surface area contributed by atoms with Crippen LogP contribution in [0.25, 0.3) is 0 Å². The standard InChI is InChI=1S/C21H26N2O3S/c1-21(2,3)18-8-4-5-9-19(18)22-27(25,26)17-13-11-16(12-14-17)23-15-7-6-10-20(23)24/h4-5,8-9,11-14,22H,6-7,10,15H2,1-3H3. The average Bonchev–Trinajstić information content (AvgIpc) is 2.61. The minimum Gasteiger partial charge on any atom is -0.312 e. The van der Waals surface area contributed by atoms with Crippen LogP contribution in [-0.4, -0.2) is 20.9 Å². The van der Waals surface area contributed by atoms with Crippen molar-refractivity contribution in [2.75, 3.05) is 16.2 Å². The molecule has 0 spiro atoms. The number of hydrogen-bond donors (Lipinski definition) is 1. The van der Waals surface area contributed by atoms with E-state index in [2.05, 4.69) is 4.72 Å². The molecule has 0 radical (unpaired) electrons. The number of benzene rings is 2. The number of nitrogens with one attached hydrogen (secondary N) is 1. The van der Waals surface area contributed by atoms with Crippen molar-refractivity contribution in [1.82, 2.24) is 0 Å². The number of hydrogen-bond acceptors (Lipinski definition) is 3. The quantitative estimate of drug-likeness (QED) is 0.852. The van der Waals surface area contributed by atoms with Gasteiger partial charge in [0, 0.05) is 18.7 Å². The molecule has 1 saturated heterocycles. The molecule has 144 valence electrons. The van der Waals surface area contributed by atoms with Gasteiger partial charge in [0.05, 0.1) is 10.6 Å². The van der Waals surface area contributed by atoms with Crippen LogP contribution in [0.2, 0.25) is 0 Å². The van der Waals surface area contributed by atoms with Crippen LogP contribution in [0.4, 0.5) is 11.4 Å². The zero-order valence-electron chi connectivity index (χ0n) is 16.0. The Morgan fingerprint density at radius 1 is 0.963 bits per heavy atom. The molecule has 27 heavy (non-hydrogen) atoms. The molecule has 2 aromatic rings. The number of carbonyl (C=O) groups is 1. The van der Waals surface area contributed by atoms with Crippen LogP contribution in [0.15, 0.2) is 53.4 Å². The van der Waals surface area contributed by atoms with Crippen molar-refractivity contribution in [3.05, 3.63) is 54.1 Å². The maximum absolute atomic E-state index is 12.8. The molecule has 3 rings (SSSR count). The summed E-state index contributed by atoms with van der Waals surface area (Å²) in [6.07, 6.45) is 2.43. The third kappa shape index (κ3) is 4.33. The van der Waals surface area contributed by atoms with Crippen molar-refractivity contribution < 1.29 is 13.2 Å². The Morgan fingerprint density at radius 3 is 2.26 bits per heavy atom. The van der Waals surface area contributed by atoms with Gasteiger partial charge in [0.25, 0.3) is 10.0 Å². The normalized spacial score (nSPS) is 15.7. The third-order valence-electron chi connectivity index (χ3n) is 4.76. The monoisotopic (exact) mass is 386 g/mol. The van der Waals surface area contributed by atoms with E-state index >= 15 is 0 Å². The second kappa shape index (κ2) is 7.35. The van der Waals surface area contributed by atoms with Gasteiger partial charge in [0.15, 0.2) is 0 Å². The highest BCUT2D eigenvalue weighted by Gasteiger charge is 2.23. The second-order valence-corrected chi connectivity index (χ2v) is 9.58. The van der Waals surface area contributed by atoms with Gasteiger partial charge in [0.1, 0.15) is 0 Å². The molecule has 6 heteroatoms. The van der Waals surface area contributed by atoms with E-state index in [0.717, 1.165) is 24.1 Å². The molecule has 1 N–H and O–H groups in total. The number of nitrogens with zero attached hydrogens (tertiary/aromatic N) is 1. The molecule has 0 unspecified atom stereocenters. The lowest BCUT2D eigenvalue weighted by Crippen LogP contribution is -2.35. The molecule has 0 aromatic heterocycles. The lowest BCUT2D eigenvalue weighted by molar-refractivity contribution is -0.119. The van der Waals surface area contributed by atoms with Gasteiger partial charge in [-0.25, -0.2) is 8.42 Å². The van der Waals surface area contributed by atoms with Crippen LogP contribution >= 0.6 is 0 Å². The molecular formula is C21H26N2O3S. The van der Waals surface area contributed by atoms with Crippen molar-refractivity contribution in [1.29, 1.82) is 0 Å². The first-order valence-electron chi connectivity index (χ1n) is 9.21. The molecule has 1 amide bonds. The average molecular weight is 387 g/mol. The molecule has 1 aliphatic heterocycles. The smallest absolute Gasteiger partial charge is 0.261 e. The maximum Gasteiger partial charge on any atom is 0.261 e. The van der Waals surface area contributed by atoms with Gasteiger partial charge < -0.3 is 4.90 Å². The first kappa shape index (κ1) is 19.4. The number of sulfonamides is 1. The fourth-order valence-corrected chi connectivity index (χ4v) is 4.39. The van der Waals surface area contributed by atoms with Gasteiger partial charge in [-0.15, -0.1) is 0 Å². The second-order valence-electron chi connectivity index (χ2n) is 7.90. The number of piperidine rings is 1. The number of amides is 1. The number of carbonyl (C=O) groups excluding carboxylic acids is 1. The van der Waals surface area contributed by atoms with Crippen LogP contribution in [0, 0.1) is 0 Å². The summed E-state index contributed by atoms with van der Waals surface area (Å²) in [5.74, 6) is 0.0917. The van der Waals surface area contributed by atoms with E-state index in [9.17, 15) is 13.2 Å². The van der Waals surface area contributed by atoms with Gasteiger partial charge in [-0.05, 0) is 54.2 Å². The van der Waals surface area contributed by atoms with E-state index in [1.807, 2.05) is 39.0 Å². The molecule has 5 nitrogen and oxygen atoms in total. The van der Waals surface area contributed by atoms with Gasteiger partial charge in [-0.2, -0.15) is 0 Å². The van der Waals surface area contributed by atoms with E-state index in [0.29, 0.717) is 18.7 Å². The number of rotatable bonds is 4. The van der Waals surface area contributed by atoms with Crippen LogP contribution in [0.1, 0.15) is 45.6 Å². The Hall–Kier alpha value is -2.34. The highest BCUT2D eigenvalue weighted by Crippen LogP contribution is 2.31. The molecule has 0 bridgehead atoms. The van der Waals surface area contributed by atoms with Gasteiger partial charge >= 0.3 is 0 Å². The fourth-order valence-electron chi connectivity index (χ4n) is 3.31. The number of anilines is 2. The fraction of sp³-hybridized carbons (Fsp3) is 0.381. The first-order valence-corrected chi connectivity index (χ1v) is 10.7. The summed E-state index contributed by atoms with van der Waals surface area (Å²) in [5.41, 5.74) is 2.08. The van der Waals surface area contributed by atoms with Crippen molar-refractivity contribution in [3.63, 3.8) is 0 Å². The molecule has 2 aromatic carbocycles. The Kier molecular flexibility index (Phi) is 5.29. The Bertz CT molecular complexity index is 929. The van der Waals surface area contributed by atoms with Gasteiger partial charge in [-0.1, -0.05) is 39.0 Å². The van der Waals surface area contributed by atoms with Crippen LogP contribution in [-0.2, 0) is 20.2 Å². The Morgan fingerprint density at radius 2 is 1.63 bits per heavy atom. The molecule has 1 heterocycles. The Balaban J connectivity index is 1.85. The van der Waals surface area contributed by atoms with Crippen molar-refractivity contribution in [2.24, 2.45) is 0 Å². The third-order valence-corrected chi connectivity index (χ3v) is 6.14. The van der Waals surface area contributed by atoms with E-state index < -0.39 is 10.0 Å². The minimum absolute atomic E-state index is 0.0917. The number of para-hydroxylation sites is 1. The minimum atomic E-state index is -3.71. The summed E-state index contributed by atoms with van der Waals surface area (Å²) in [5, 5.41) is 0. The molecule has 0 saturated carbocycles. The maximum atomic E-state index is 12.8. The first-order chi connectivity index (χ1) is 12.7. The molecule has 0 atom stereocenters. The zero-order chi connectivity index (χ0) is 19.7. The summed E-state index contributed by atoms with van der Waals surface area (Å²) < 4.78 is 28.4. The molecular weight excluding hydrogens is 360 g/mol. The predicted octanol–water partition coefficient (Wildman–Crippen LogP) is 4.30. The largest absolute Gasteiger partial charge is 0.312 e. The van der Waals surface area contributed by atoms with E-state index in [1.165, 1.54) is 0 Å². The van der Waals surface area contributed by atoms with Gasteiger partial charge in [0.2, 0.25) is 5.91 Å². The lowest BCUT2D eigenvalue weighted by Gasteiger charge is -2.27. The zero-order valence-corrected chi connectivity index (χ0v) is 16.8. The van der Waals surface area contributed by atoms with E-state index in [4.69, 9.17) is 0 Å². The van der Waals surface area contributed by atoms with E-state index in [-0.39, 0.29) is 16.2 Å². The summed E-state index contributed by atoms with van der Waals surface area (Å²) >= 11 is 0. The summed E-state index contributed by atoms with van der Waals surface area (Å²) in [4.78, 5) is 13.9. The molecule has 1 aliphatic rings. The van der Waals surface area contributed by atoms with Crippen molar-refractivity contribution in [2.45, 2.75) is 50.3 Å². The molecule has 0 aliphatic carbocycles. The highest BCUT2D eigenvalue weighted by atomic mass is 32.2. The Labute approximate surface area is 161 Å². The SMILES string of the molecule is CC(C)(C)c1ccccc1NS(=O)(=O)c1ccc(N2CCCCC2=O)cc1. The van der Waals surface area contributed by atoms with Crippen LogP contribution in [0.5, 0.6) is 0 Å². The summed E-state index contributed by atoms with van der Waals surface area (Å²) in [6.45, 7) is 6.82.